The molecule has 1 fully saturated rings. The van der Waals surface area contributed by atoms with E-state index in [4.69, 9.17) is 15.5 Å². The van der Waals surface area contributed by atoms with Crippen molar-refractivity contribution in [2.24, 2.45) is 10.7 Å². The van der Waals surface area contributed by atoms with Crippen LogP contribution in [0.2, 0.25) is 0 Å². The van der Waals surface area contributed by atoms with E-state index in [2.05, 4.69) is 36.3 Å². The highest BCUT2D eigenvalue weighted by molar-refractivity contribution is 5.97. The highest BCUT2D eigenvalue weighted by atomic mass is 16.5. The molecule has 4 atom stereocenters. The lowest BCUT2D eigenvalue weighted by molar-refractivity contribution is 0.0272. The maximum Gasteiger partial charge on any atom is 0.255 e. The fourth-order valence-corrected chi connectivity index (χ4v) is 5.27. The average Bonchev–Trinajstić information content (AvgIpc) is 3.02. The summed E-state index contributed by atoms with van der Waals surface area (Å²) < 4.78 is 5.95. The standard InChI is InChI=1S/C28H45N5O3/c1-8-10-23(29)32-22(16-30-15-18(2)3)28(6)25(34)21(17-33(28)7)31-26(35)19-11-9-12-20-24(19)36-14-13-27(20,4)5/h9,11-12,15,21-22,25,30,34H,8,10,13-14,16-17H2,1-7H3,(H2,29,32)(H,31,35)/t21?,22?,25?,28-/m0/s1. The number of ether oxygens (including phenoxy) is 1. The molecule has 0 aromatic heterocycles. The highest BCUT2D eigenvalue weighted by Gasteiger charge is 2.53. The summed E-state index contributed by atoms with van der Waals surface area (Å²) in [6, 6.07) is 4.95. The number of carbonyl (C=O) groups excluding carboxylic acids is 1. The third kappa shape index (κ3) is 5.70. The summed E-state index contributed by atoms with van der Waals surface area (Å²) in [6.45, 7) is 14.0. The first kappa shape index (κ1) is 28.0. The number of aliphatic hydroxyl groups is 1. The normalized spacial score (nSPS) is 26.5. The lowest BCUT2D eigenvalue weighted by atomic mass is 9.79. The van der Waals surface area contributed by atoms with Gasteiger partial charge in [0, 0.05) is 25.1 Å². The average molecular weight is 500 g/mol. The summed E-state index contributed by atoms with van der Waals surface area (Å²) in [7, 11) is 1.96. The summed E-state index contributed by atoms with van der Waals surface area (Å²) in [6.07, 6.45) is 3.60. The topological polar surface area (TPSA) is 112 Å². The minimum atomic E-state index is -0.847. The number of rotatable bonds is 9. The number of benzene rings is 1. The van der Waals surface area contributed by atoms with Crippen LogP contribution >= 0.6 is 0 Å². The van der Waals surface area contributed by atoms with Crippen molar-refractivity contribution in [1.29, 1.82) is 0 Å². The Bertz CT molecular complexity index is 1000. The van der Waals surface area contributed by atoms with Crippen molar-refractivity contribution in [2.45, 2.75) is 89.9 Å². The number of hydrogen-bond donors (Lipinski definition) is 4. The van der Waals surface area contributed by atoms with E-state index in [1.165, 1.54) is 0 Å². The van der Waals surface area contributed by atoms with Crippen LogP contribution in [-0.4, -0.2) is 72.2 Å². The minimum absolute atomic E-state index is 0.0581. The van der Waals surface area contributed by atoms with Crippen molar-refractivity contribution in [3.8, 4) is 5.75 Å². The number of para-hydroxylation sites is 1. The van der Waals surface area contributed by atoms with Gasteiger partial charge in [0.25, 0.3) is 5.91 Å². The number of likely N-dealkylation sites (N-methyl/N-ethyl adjacent to an activating group) is 1. The monoisotopic (exact) mass is 499 g/mol. The van der Waals surface area contributed by atoms with Gasteiger partial charge in [0.2, 0.25) is 0 Å². The maximum absolute atomic E-state index is 13.4. The molecule has 5 N–H and O–H groups in total. The van der Waals surface area contributed by atoms with E-state index in [9.17, 15) is 9.90 Å². The smallest absolute Gasteiger partial charge is 0.255 e. The largest absolute Gasteiger partial charge is 0.492 e. The molecule has 0 spiro atoms. The fraction of sp³-hybridized carbons (Fsp3) is 0.643. The molecule has 0 aliphatic carbocycles. The van der Waals surface area contributed by atoms with Crippen LogP contribution in [0.25, 0.3) is 0 Å². The van der Waals surface area contributed by atoms with Gasteiger partial charge in [-0.1, -0.05) is 38.5 Å². The number of nitrogens with zero attached hydrogens (tertiary/aromatic N) is 2. The first-order valence-electron chi connectivity index (χ1n) is 13.1. The Morgan fingerprint density at radius 2 is 2.08 bits per heavy atom. The number of carbonyl (C=O) groups is 1. The lowest BCUT2D eigenvalue weighted by Gasteiger charge is -2.40. The van der Waals surface area contributed by atoms with Gasteiger partial charge in [0.1, 0.15) is 5.75 Å². The number of allylic oxidation sites excluding steroid dienone is 1. The number of hydrogen-bond acceptors (Lipinski definition) is 6. The quantitative estimate of drug-likeness (QED) is 0.307. The Morgan fingerprint density at radius 3 is 2.75 bits per heavy atom. The van der Waals surface area contributed by atoms with Crippen molar-refractivity contribution < 1.29 is 14.6 Å². The van der Waals surface area contributed by atoms with Gasteiger partial charge < -0.3 is 26.2 Å². The number of aliphatic hydroxyl groups excluding tert-OH is 1. The number of nitrogens with two attached hydrogens (primary N) is 1. The predicted molar refractivity (Wildman–Crippen MR) is 146 cm³/mol. The number of likely N-dealkylation sites (tertiary alicyclic amines) is 1. The first-order chi connectivity index (χ1) is 16.9. The van der Waals surface area contributed by atoms with Crippen LogP contribution < -0.4 is 21.1 Å². The zero-order valence-electron chi connectivity index (χ0n) is 23.0. The molecule has 200 valence electrons. The second-order valence-electron chi connectivity index (χ2n) is 11.3. The van der Waals surface area contributed by atoms with Crippen LogP contribution in [0, 0.1) is 0 Å². The maximum atomic E-state index is 13.4. The Morgan fingerprint density at radius 1 is 1.36 bits per heavy atom. The van der Waals surface area contributed by atoms with Gasteiger partial charge in [0.05, 0.1) is 41.7 Å². The van der Waals surface area contributed by atoms with Crippen LogP contribution in [0.1, 0.15) is 76.7 Å². The molecular formula is C28H45N5O3. The Balaban J connectivity index is 1.85. The van der Waals surface area contributed by atoms with Crippen molar-refractivity contribution in [1.82, 2.24) is 15.5 Å². The lowest BCUT2D eigenvalue weighted by Crippen LogP contribution is -2.59. The fourth-order valence-electron chi connectivity index (χ4n) is 5.27. The molecule has 2 aliphatic heterocycles. The SMILES string of the molecule is CCCC(N)=NC(CNC=C(C)C)[C@@]1(C)C(O)C(NC(=O)c2cccc3c2OCCC3(C)C)CN1C. The molecule has 0 radical (unpaired) electrons. The van der Waals surface area contributed by atoms with Crippen LogP contribution in [0.3, 0.4) is 0 Å². The predicted octanol–water partition coefficient (Wildman–Crippen LogP) is 2.95. The second kappa shape index (κ2) is 11.2. The molecule has 0 saturated carbocycles. The van der Waals surface area contributed by atoms with E-state index in [-0.39, 0.29) is 17.4 Å². The van der Waals surface area contributed by atoms with E-state index in [0.29, 0.717) is 43.3 Å². The van der Waals surface area contributed by atoms with E-state index in [0.717, 1.165) is 24.0 Å². The van der Waals surface area contributed by atoms with Crippen LogP contribution in [-0.2, 0) is 5.41 Å². The zero-order valence-corrected chi connectivity index (χ0v) is 23.0. The number of fused-ring (bicyclic) bond motifs is 1. The molecule has 8 nitrogen and oxygen atoms in total. The van der Waals surface area contributed by atoms with Crippen LogP contribution in [0.5, 0.6) is 5.75 Å². The third-order valence-electron chi connectivity index (χ3n) is 7.76. The molecule has 3 rings (SSSR count). The van der Waals surface area contributed by atoms with Crippen molar-refractivity contribution in [2.75, 3.05) is 26.7 Å². The molecule has 2 aliphatic rings. The first-order valence-corrected chi connectivity index (χ1v) is 13.1. The molecule has 1 aromatic rings. The molecule has 3 unspecified atom stereocenters. The van der Waals surface area contributed by atoms with Crippen LogP contribution in [0.4, 0.5) is 0 Å². The molecular weight excluding hydrogens is 454 g/mol. The number of amidine groups is 1. The summed E-state index contributed by atoms with van der Waals surface area (Å²) in [4.78, 5) is 20.4. The van der Waals surface area contributed by atoms with E-state index in [1.807, 2.05) is 46.2 Å². The third-order valence-corrected chi connectivity index (χ3v) is 7.76. The Kier molecular flexibility index (Phi) is 8.72. The summed E-state index contributed by atoms with van der Waals surface area (Å²) >= 11 is 0. The molecule has 36 heavy (non-hydrogen) atoms. The van der Waals surface area contributed by atoms with Crippen LogP contribution in [0.15, 0.2) is 35.0 Å². The van der Waals surface area contributed by atoms with Gasteiger partial charge in [-0.15, -0.1) is 0 Å². The van der Waals surface area contributed by atoms with Gasteiger partial charge in [-0.2, -0.15) is 0 Å². The molecule has 2 heterocycles. The Labute approximate surface area is 216 Å². The molecule has 8 heteroatoms. The molecule has 1 saturated heterocycles. The van der Waals surface area contributed by atoms with E-state index in [1.54, 1.807) is 6.07 Å². The minimum Gasteiger partial charge on any atom is -0.492 e. The highest BCUT2D eigenvalue weighted by Crippen LogP contribution is 2.40. The van der Waals surface area contributed by atoms with E-state index < -0.39 is 17.7 Å². The van der Waals surface area contributed by atoms with Crippen molar-refractivity contribution in [3.05, 3.63) is 41.1 Å². The van der Waals surface area contributed by atoms with Crippen molar-refractivity contribution >= 4 is 11.7 Å². The van der Waals surface area contributed by atoms with Gasteiger partial charge in [-0.05, 0) is 58.3 Å². The molecule has 0 bridgehead atoms. The van der Waals surface area contributed by atoms with Gasteiger partial charge in [-0.3, -0.25) is 14.7 Å². The molecule has 1 amide bonds. The zero-order chi connectivity index (χ0) is 26.7. The second-order valence-corrected chi connectivity index (χ2v) is 11.3. The molecule has 1 aromatic carbocycles. The summed E-state index contributed by atoms with van der Waals surface area (Å²) in [5.74, 6) is 0.988. The Hall–Kier alpha value is -2.58. The number of amides is 1. The van der Waals surface area contributed by atoms with Gasteiger partial charge >= 0.3 is 0 Å². The van der Waals surface area contributed by atoms with Crippen molar-refractivity contribution in [3.63, 3.8) is 0 Å². The number of aliphatic imine (C=N–C) groups is 1. The summed E-state index contributed by atoms with van der Waals surface area (Å²) in [5, 5.41) is 18.0. The number of nitrogens with one attached hydrogen (secondary N) is 2. The summed E-state index contributed by atoms with van der Waals surface area (Å²) in [5.41, 5.74) is 8.15. The van der Waals surface area contributed by atoms with Gasteiger partial charge in [0.15, 0.2) is 0 Å². The van der Waals surface area contributed by atoms with Gasteiger partial charge in [-0.25, -0.2) is 0 Å². The van der Waals surface area contributed by atoms with E-state index >= 15 is 0 Å².